The minimum absolute atomic E-state index is 0.0139. The molecule has 2 rings (SSSR count). The summed E-state index contributed by atoms with van der Waals surface area (Å²) < 4.78 is 0. The van der Waals surface area contributed by atoms with Gasteiger partial charge in [-0.05, 0) is 101 Å². The van der Waals surface area contributed by atoms with Gasteiger partial charge in [-0.25, -0.2) is 4.98 Å². The maximum absolute atomic E-state index is 14.7. The Morgan fingerprint density at radius 2 is 1.20 bits per heavy atom. The predicted molar refractivity (Wildman–Crippen MR) is 309 cm³/mol. The number of hydrogen-bond acceptors (Lipinski definition) is 18. The summed E-state index contributed by atoms with van der Waals surface area (Å²) in [5.41, 5.74) is 23.6. The number of ketones is 5. The van der Waals surface area contributed by atoms with Crippen LogP contribution >= 0.6 is 11.8 Å². The van der Waals surface area contributed by atoms with Crippen LogP contribution in [0.5, 0.6) is 5.75 Å². The number of aliphatic hydroxyl groups excluding tert-OH is 2. The summed E-state index contributed by atoms with van der Waals surface area (Å²) in [6, 6.07) is 0.210. The number of nitrogens with one attached hydrogen (secondary N) is 5. The second-order valence-corrected chi connectivity index (χ2v) is 22.4. The zero-order valence-corrected chi connectivity index (χ0v) is 49.0. The van der Waals surface area contributed by atoms with Crippen LogP contribution in [-0.2, 0) is 65.6 Å². The monoisotopic (exact) mass is 1190 g/mol. The van der Waals surface area contributed by atoms with E-state index in [1.54, 1.807) is 6.26 Å². The number of aromatic nitrogens is 2. The molecule has 5 amide bonds. The number of primary amides is 1. The molecule has 462 valence electrons. The van der Waals surface area contributed by atoms with Crippen molar-refractivity contribution >= 4 is 82.1 Å². The van der Waals surface area contributed by atoms with E-state index in [9.17, 15) is 73.2 Å². The number of nitrogens with two attached hydrogens (primary N) is 4. The maximum atomic E-state index is 14.7. The lowest BCUT2D eigenvalue weighted by molar-refractivity contribution is -0.142. The molecule has 27 heteroatoms. The number of imidazole rings is 1. The Kier molecular flexibility index (Phi) is 32.9. The first-order valence-corrected chi connectivity index (χ1v) is 29.2. The summed E-state index contributed by atoms with van der Waals surface area (Å²) >= 11 is 1.34. The quantitative estimate of drug-likeness (QED) is 0.0237. The summed E-state index contributed by atoms with van der Waals surface area (Å²) in [4.78, 5) is 160. The van der Waals surface area contributed by atoms with Gasteiger partial charge in [0, 0.05) is 68.8 Å². The molecular formula is C56H87N11O15S. The van der Waals surface area contributed by atoms with Crippen molar-refractivity contribution in [2.75, 3.05) is 31.7 Å². The smallest absolute Gasteiger partial charge is 0.305 e. The van der Waals surface area contributed by atoms with Crippen LogP contribution in [0.25, 0.3) is 0 Å². The summed E-state index contributed by atoms with van der Waals surface area (Å²) in [6.45, 7) is 5.66. The van der Waals surface area contributed by atoms with Crippen LogP contribution in [0.15, 0.2) is 41.8 Å². The number of benzene rings is 1. The molecule has 0 bridgehead atoms. The summed E-state index contributed by atoms with van der Waals surface area (Å²) in [6.07, 6.45) is 0.609. The lowest BCUT2D eigenvalue weighted by atomic mass is 9.88. The van der Waals surface area contributed by atoms with Crippen LogP contribution in [0, 0.1) is 35.5 Å². The number of thioether (sulfide) groups is 1. The highest BCUT2D eigenvalue weighted by Gasteiger charge is 2.37. The van der Waals surface area contributed by atoms with Gasteiger partial charge in [0.1, 0.15) is 11.5 Å². The summed E-state index contributed by atoms with van der Waals surface area (Å²) in [5.74, 6) is -15.0. The van der Waals surface area contributed by atoms with Gasteiger partial charge in [-0.15, -0.1) is 0 Å². The second kappa shape index (κ2) is 37.9. The van der Waals surface area contributed by atoms with E-state index >= 15 is 0 Å². The number of Topliss-reactive ketones (excluding diaryl/α,β-unsaturated/α-hetero) is 5. The number of unbranched alkanes of at least 4 members (excludes halogenated alkanes) is 1. The van der Waals surface area contributed by atoms with Crippen molar-refractivity contribution in [1.29, 1.82) is 0 Å². The number of carbonyl (C=O) groups is 11. The van der Waals surface area contributed by atoms with Gasteiger partial charge in [-0.2, -0.15) is 11.8 Å². The van der Waals surface area contributed by atoms with Gasteiger partial charge in [0.05, 0.1) is 67.4 Å². The largest absolute Gasteiger partial charge is 0.508 e. The molecule has 2 aromatic rings. The first-order chi connectivity index (χ1) is 39.2. The van der Waals surface area contributed by atoms with Crippen LogP contribution in [0.1, 0.15) is 122 Å². The number of carbonyl (C=O) groups excluding carboxylic acids is 10. The molecule has 83 heavy (non-hydrogen) atoms. The van der Waals surface area contributed by atoms with Gasteiger partial charge >= 0.3 is 5.97 Å². The van der Waals surface area contributed by atoms with E-state index in [0.29, 0.717) is 23.4 Å². The van der Waals surface area contributed by atoms with Crippen LogP contribution in [0.2, 0.25) is 0 Å². The van der Waals surface area contributed by atoms with E-state index < -0.39 is 151 Å². The fraction of sp³-hybridized carbons (Fsp3) is 0.625. The normalized spacial score (nSPS) is 14.9. The standard InChI is InChI=1S/C56H87N11O15S/c1-31(2)19-43(48(74)25-37(51(58)78)22-39-28-61-30-63-39)65-53(80)36(10-8-17-62-56(59)60)24-46(72)44(21-34-11-13-40(71)14-12-34)66-52(79)35(9-6-7-16-57)23-47(73)45(27-50(76)77)67-55(82)41(33(4)70)26-49(75)42(15-18-83-5)64-54(81)38(29-68)20-32(3)69/h11-14,28,30-31,33,35-38,41-45,68,70-71H,6-10,15-27,29,57H2,1-5H3,(H2,58,78)(H,61,63)(H,64,81)(H,65,80)(H,66,79)(H,67,82)(H,76,77)(H4,59,60,62)/t33-,35-,36-,37-,38+,41+,42-,43+,44+,45+/m1/s1. The molecule has 0 radical (unpaired) electrons. The van der Waals surface area contributed by atoms with Gasteiger partial charge in [-0.1, -0.05) is 32.4 Å². The number of aliphatic carboxylic acids is 1. The van der Waals surface area contributed by atoms with Gasteiger partial charge in [0.2, 0.25) is 29.5 Å². The van der Waals surface area contributed by atoms with E-state index in [4.69, 9.17) is 22.9 Å². The third kappa shape index (κ3) is 27.7. The molecule has 17 N–H and O–H groups in total. The molecular weight excluding hydrogens is 1100 g/mol. The van der Waals surface area contributed by atoms with Crippen LogP contribution in [-0.4, -0.2) is 163 Å². The Bertz CT molecular complexity index is 2490. The number of phenols is 1. The van der Waals surface area contributed by atoms with Gasteiger partial charge in [0.25, 0.3) is 0 Å². The molecule has 0 unspecified atom stereocenters. The molecule has 1 aromatic carbocycles. The lowest BCUT2D eigenvalue weighted by Gasteiger charge is -2.27. The van der Waals surface area contributed by atoms with Crippen molar-refractivity contribution in [3.05, 3.63) is 48.0 Å². The Morgan fingerprint density at radius 3 is 1.72 bits per heavy atom. The minimum Gasteiger partial charge on any atom is -0.508 e. The number of hydrogen-bond donors (Lipinski definition) is 13. The molecule has 0 saturated heterocycles. The number of rotatable bonds is 44. The molecule has 0 aliphatic heterocycles. The predicted octanol–water partition coefficient (Wildman–Crippen LogP) is 0.0515. The summed E-state index contributed by atoms with van der Waals surface area (Å²) in [7, 11) is 0. The van der Waals surface area contributed by atoms with Gasteiger partial charge < -0.3 is 74.4 Å². The Balaban J connectivity index is 2.54. The van der Waals surface area contributed by atoms with E-state index in [1.807, 2.05) is 13.8 Å². The number of guanidine groups is 1. The molecule has 1 aromatic heterocycles. The van der Waals surface area contributed by atoms with Crippen LogP contribution in [0.3, 0.4) is 0 Å². The van der Waals surface area contributed by atoms with Crippen molar-refractivity contribution in [1.82, 2.24) is 31.2 Å². The highest BCUT2D eigenvalue weighted by molar-refractivity contribution is 7.98. The number of aromatic amines is 1. The average molecular weight is 1190 g/mol. The van der Waals surface area contributed by atoms with Crippen molar-refractivity contribution in [3.8, 4) is 5.75 Å². The van der Waals surface area contributed by atoms with Crippen molar-refractivity contribution in [2.45, 2.75) is 154 Å². The summed E-state index contributed by atoms with van der Waals surface area (Å²) in [5, 5.41) is 51.0. The number of carboxylic acid groups (broad SMARTS) is 1. The number of H-pyrrole nitrogens is 1. The first-order valence-electron chi connectivity index (χ1n) is 27.8. The topological polar surface area (TPSA) is 462 Å². The number of nitrogens with zero attached hydrogens (tertiary/aromatic N) is 2. The zero-order valence-electron chi connectivity index (χ0n) is 48.1. The molecule has 0 saturated carbocycles. The highest BCUT2D eigenvalue weighted by Crippen LogP contribution is 2.23. The van der Waals surface area contributed by atoms with E-state index in [-0.39, 0.29) is 101 Å². The number of phenolic OH excluding ortho intramolecular Hbond substituents is 1. The molecule has 10 atom stereocenters. The molecule has 0 spiro atoms. The number of aliphatic hydroxyl groups is 2. The maximum Gasteiger partial charge on any atom is 0.305 e. The van der Waals surface area contributed by atoms with Crippen molar-refractivity contribution in [3.63, 3.8) is 0 Å². The molecule has 0 fully saturated rings. The Labute approximate surface area is 488 Å². The minimum atomic E-state index is -1.80. The second-order valence-electron chi connectivity index (χ2n) is 21.4. The van der Waals surface area contributed by atoms with Gasteiger partial charge in [-0.3, -0.25) is 52.9 Å². The van der Waals surface area contributed by atoms with Crippen LogP contribution in [0.4, 0.5) is 0 Å². The fourth-order valence-corrected chi connectivity index (χ4v) is 9.70. The number of aliphatic imine (C=N–C) groups is 1. The Morgan fingerprint density at radius 1 is 0.663 bits per heavy atom. The zero-order chi connectivity index (χ0) is 62.3. The Hall–Kier alpha value is -7.10. The molecule has 0 aliphatic rings. The average Bonchev–Trinajstić information content (AvgIpc) is 3.98. The highest BCUT2D eigenvalue weighted by atomic mass is 32.2. The fourth-order valence-electron chi connectivity index (χ4n) is 9.22. The third-order valence-electron chi connectivity index (χ3n) is 13.9. The number of carboxylic acids is 1. The molecule has 0 aliphatic carbocycles. The molecule has 1 heterocycles. The van der Waals surface area contributed by atoms with E-state index in [2.05, 4.69) is 36.2 Å². The van der Waals surface area contributed by atoms with Crippen LogP contribution < -0.4 is 44.2 Å². The SMILES string of the molecule is CSCC[C@@H](NC(=O)[C@H](CO)CC(C)=O)C(=O)C[C@H](C(=O)N[C@@H](CC(=O)O)C(=O)C[C@@H](CCCCN)C(=O)N[C@@H](Cc1ccc(O)cc1)C(=O)C[C@@H](CCCN=C(N)N)C(=O)N[C@@H](CC(C)C)C(=O)C[C@@H](Cc1cnc[nH]1)C(N)=O)[C@@H](C)O. The van der Waals surface area contributed by atoms with Crippen molar-refractivity contribution < 1.29 is 73.2 Å². The third-order valence-corrected chi connectivity index (χ3v) is 14.5. The van der Waals surface area contributed by atoms with E-state index in [1.165, 1.54) is 62.4 Å². The van der Waals surface area contributed by atoms with Gasteiger partial charge in [0.15, 0.2) is 29.1 Å². The lowest BCUT2D eigenvalue weighted by Crippen LogP contribution is -2.51. The van der Waals surface area contributed by atoms with Crippen molar-refractivity contribution in [2.24, 2.45) is 63.4 Å². The van der Waals surface area contributed by atoms with E-state index in [0.717, 1.165) is 0 Å². The molecule has 26 nitrogen and oxygen atoms in total. The number of aromatic hydroxyl groups is 1. The first kappa shape index (κ1) is 72.0. The number of amides is 5.